The van der Waals surface area contributed by atoms with Crippen LogP contribution in [0.4, 0.5) is 0 Å². The topological polar surface area (TPSA) is 0 Å². The second-order valence-electron chi connectivity index (χ2n) is 1.68. The molecular weight excluding hydrogens is 84.4 g/mol. The first-order chi connectivity index (χ1) is 2.27. The van der Waals surface area contributed by atoms with Gasteiger partial charge in [-0.3, -0.25) is 0 Å². The van der Waals surface area contributed by atoms with Crippen molar-refractivity contribution in [3.8, 4) is 0 Å². The molecule has 1 heteroatoms. The number of rotatable bonds is 1. The molecule has 0 fully saturated rings. The van der Waals surface area contributed by atoms with Gasteiger partial charge in [0.1, 0.15) is 0 Å². The van der Waals surface area contributed by atoms with Crippen LogP contribution >= 0.6 is 0 Å². The minimum Gasteiger partial charge on any atom is -0.0628 e. The fraction of sp³-hybridized carbons (Fsp3) is 0.800. The summed E-state index contributed by atoms with van der Waals surface area (Å²) in [6, 6.07) is 0. The van der Waals surface area contributed by atoms with Gasteiger partial charge in [-0.15, -0.1) is 0 Å². The zero-order valence-electron chi connectivity index (χ0n) is 3.99. The Hall–Kier alpha value is 0.766. The fourth-order valence-electron chi connectivity index (χ4n) is 0. The molecule has 0 amide bonds. The minimum absolute atomic E-state index is 0. The molecule has 0 aromatic rings. The molecule has 1 radical (unpaired) electrons. The third kappa shape index (κ3) is 8.84. The first-order valence-electron chi connectivity index (χ1n) is 2.06. The Kier molecular flexibility index (Phi) is 9.52. The van der Waals surface area contributed by atoms with Crippen molar-refractivity contribution in [3.05, 3.63) is 6.92 Å². The lowest BCUT2D eigenvalue weighted by molar-refractivity contribution is 0.661. The maximum Gasteiger partial charge on any atom is 0.316 e. The van der Waals surface area contributed by atoms with Crippen LogP contribution in [0.5, 0.6) is 0 Å². The van der Waals surface area contributed by atoms with Gasteiger partial charge in [-0.1, -0.05) is 27.2 Å². The van der Waals surface area contributed by atoms with Gasteiger partial charge in [0, 0.05) is 0 Å². The fourth-order valence-corrected chi connectivity index (χ4v) is 0. The van der Waals surface area contributed by atoms with E-state index in [4.69, 9.17) is 0 Å². The Labute approximate surface area is 56.5 Å². The third-order valence-electron chi connectivity index (χ3n) is 0.577. The van der Waals surface area contributed by atoms with E-state index in [-0.39, 0.29) is 23.1 Å². The van der Waals surface area contributed by atoms with Crippen LogP contribution in [0, 0.1) is 12.8 Å². The highest BCUT2D eigenvalue weighted by Crippen LogP contribution is 1.93. The molecule has 0 aliphatic carbocycles. The van der Waals surface area contributed by atoms with Gasteiger partial charge in [0.15, 0.2) is 0 Å². The molecule has 0 saturated carbocycles. The number of hydrogen-bond donors (Lipinski definition) is 0. The van der Waals surface area contributed by atoms with Crippen molar-refractivity contribution >= 4 is 23.1 Å². The zero-order valence-corrected chi connectivity index (χ0v) is 3.99. The van der Waals surface area contributed by atoms with Gasteiger partial charge in [-0.2, -0.15) is 0 Å². The summed E-state index contributed by atoms with van der Waals surface area (Å²) >= 11 is 0. The highest BCUT2D eigenvalue weighted by Gasteiger charge is 1.80. The van der Waals surface area contributed by atoms with Crippen molar-refractivity contribution in [1.29, 1.82) is 0 Å². The monoisotopic (exact) mass is 97.1 g/mol. The Balaban J connectivity index is 0. The normalized spacial score (nSPS) is 8.00. The first kappa shape index (κ1) is 9.90. The Morgan fingerprint density at radius 2 is 1.67 bits per heavy atom. The lowest BCUT2D eigenvalue weighted by Crippen LogP contribution is -1.77. The molecule has 0 spiro atoms. The molecule has 6 heavy (non-hydrogen) atoms. The molecule has 0 atom stereocenters. The summed E-state index contributed by atoms with van der Waals surface area (Å²) < 4.78 is 0. The third-order valence-corrected chi connectivity index (χ3v) is 0.577. The van der Waals surface area contributed by atoms with Crippen LogP contribution in [0.2, 0.25) is 0 Å². The SMILES string of the molecule is [CH2]CC(C)C.[MgH2]. The van der Waals surface area contributed by atoms with E-state index in [9.17, 15) is 0 Å². The van der Waals surface area contributed by atoms with Crippen molar-refractivity contribution in [2.45, 2.75) is 20.3 Å². The molecule has 0 aliphatic rings. The molecule has 0 heterocycles. The molecule has 0 N–H and O–H groups in total. The van der Waals surface area contributed by atoms with E-state index >= 15 is 0 Å². The molecule has 0 bridgehead atoms. The predicted octanol–water partition coefficient (Wildman–Crippen LogP) is 0.950. The Bertz CT molecular complexity index is 17.9. The van der Waals surface area contributed by atoms with Crippen LogP contribution in [0.3, 0.4) is 0 Å². The lowest BCUT2D eigenvalue weighted by atomic mass is 10.2. The molecule has 0 rings (SSSR count). The molecule has 0 unspecified atom stereocenters. The first-order valence-corrected chi connectivity index (χ1v) is 2.06. The summed E-state index contributed by atoms with van der Waals surface area (Å²) in [5.41, 5.74) is 0. The summed E-state index contributed by atoms with van der Waals surface area (Å²) in [6.07, 6.45) is 1.06. The van der Waals surface area contributed by atoms with Gasteiger partial charge >= 0.3 is 23.1 Å². The van der Waals surface area contributed by atoms with Crippen LogP contribution in [0.15, 0.2) is 0 Å². The Morgan fingerprint density at radius 3 is 1.67 bits per heavy atom. The molecule has 0 saturated heterocycles. The van der Waals surface area contributed by atoms with Crippen LogP contribution in [0.1, 0.15) is 20.3 Å². The molecule has 0 aromatic heterocycles. The van der Waals surface area contributed by atoms with Crippen LogP contribution < -0.4 is 0 Å². The average molecular weight is 97.5 g/mol. The highest BCUT2D eigenvalue weighted by atomic mass is 24.3. The zero-order chi connectivity index (χ0) is 4.28. The van der Waals surface area contributed by atoms with E-state index in [1.54, 1.807) is 0 Å². The molecular formula is C5H13Mg. The van der Waals surface area contributed by atoms with E-state index in [2.05, 4.69) is 20.8 Å². The largest absolute Gasteiger partial charge is 0.316 e. The molecule has 0 nitrogen and oxygen atoms in total. The molecule has 0 aromatic carbocycles. The Morgan fingerprint density at radius 1 is 1.50 bits per heavy atom. The standard InChI is InChI=1S/C5H11.Mg.2H/c1-4-5(2)3;;;/h5H,1,4H2,2-3H3;;;. The summed E-state index contributed by atoms with van der Waals surface area (Å²) in [4.78, 5) is 0. The molecule has 0 aliphatic heterocycles. The van der Waals surface area contributed by atoms with Crippen molar-refractivity contribution in [2.24, 2.45) is 5.92 Å². The van der Waals surface area contributed by atoms with Crippen LogP contribution in [0.25, 0.3) is 0 Å². The predicted molar refractivity (Wildman–Crippen MR) is 33.4 cm³/mol. The van der Waals surface area contributed by atoms with Crippen molar-refractivity contribution < 1.29 is 0 Å². The van der Waals surface area contributed by atoms with E-state index in [0.29, 0.717) is 0 Å². The van der Waals surface area contributed by atoms with E-state index in [0.717, 1.165) is 12.3 Å². The average Bonchev–Trinajstić information content (AvgIpc) is 1.38. The van der Waals surface area contributed by atoms with Gasteiger partial charge in [-0.25, -0.2) is 0 Å². The van der Waals surface area contributed by atoms with Gasteiger partial charge in [0.05, 0.1) is 0 Å². The van der Waals surface area contributed by atoms with Crippen LogP contribution in [-0.2, 0) is 0 Å². The van der Waals surface area contributed by atoms with Crippen LogP contribution in [-0.4, -0.2) is 23.1 Å². The van der Waals surface area contributed by atoms with E-state index in [1.807, 2.05) is 0 Å². The summed E-state index contributed by atoms with van der Waals surface area (Å²) in [6.45, 7) is 8.00. The van der Waals surface area contributed by atoms with Gasteiger partial charge < -0.3 is 0 Å². The van der Waals surface area contributed by atoms with Gasteiger partial charge in [0.25, 0.3) is 0 Å². The highest BCUT2D eigenvalue weighted by molar-refractivity contribution is 5.75. The van der Waals surface area contributed by atoms with E-state index in [1.165, 1.54) is 0 Å². The number of hydrogen-bond acceptors (Lipinski definition) is 0. The summed E-state index contributed by atoms with van der Waals surface area (Å²) in [5.74, 6) is 0.773. The lowest BCUT2D eigenvalue weighted by Gasteiger charge is -1.90. The second kappa shape index (κ2) is 5.77. The van der Waals surface area contributed by atoms with Crippen molar-refractivity contribution in [1.82, 2.24) is 0 Å². The second-order valence-corrected chi connectivity index (χ2v) is 1.68. The van der Waals surface area contributed by atoms with E-state index < -0.39 is 0 Å². The van der Waals surface area contributed by atoms with Gasteiger partial charge in [0.2, 0.25) is 0 Å². The smallest absolute Gasteiger partial charge is 0.0628 e. The summed E-state index contributed by atoms with van der Waals surface area (Å²) in [7, 11) is 0. The van der Waals surface area contributed by atoms with Gasteiger partial charge in [-0.05, 0) is 5.92 Å². The maximum absolute atomic E-state index is 3.69. The quantitative estimate of drug-likeness (QED) is 0.428. The molecule has 35 valence electrons. The summed E-state index contributed by atoms with van der Waals surface area (Å²) in [5, 5.41) is 0. The minimum atomic E-state index is 0. The van der Waals surface area contributed by atoms with Crippen molar-refractivity contribution in [3.63, 3.8) is 0 Å². The van der Waals surface area contributed by atoms with Crippen molar-refractivity contribution in [2.75, 3.05) is 0 Å². The maximum atomic E-state index is 3.69.